The lowest BCUT2D eigenvalue weighted by atomic mass is 10.1. The van der Waals surface area contributed by atoms with Crippen LogP contribution in [-0.2, 0) is 11.3 Å². The van der Waals surface area contributed by atoms with Crippen LogP contribution in [0.4, 0.5) is 4.39 Å². The van der Waals surface area contributed by atoms with Crippen LogP contribution in [-0.4, -0.2) is 23.9 Å². The molecule has 0 aromatic heterocycles. The Kier molecular flexibility index (Phi) is 6.13. The summed E-state index contributed by atoms with van der Waals surface area (Å²) < 4.78 is 13.0. The van der Waals surface area contributed by atoms with E-state index in [-0.39, 0.29) is 24.1 Å². The number of halogens is 2. The zero-order valence-electron chi connectivity index (χ0n) is 10.2. The van der Waals surface area contributed by atoms with Gasteiger partial charge in [0, 0.05) is 13.6 Å². The van der Waals surface area contributed by atoms with E-state index < -0.39 is 6.04 Å². The number of hydrogen-bond acceptors (Lipinski definition) is 2. The first-order chi connectivity index (χ1) is 7.41. The molecule has 0 aliphatic carbocycles. The average molecular weight is 261 g/mol. The Morgan fingerprint density at radius 2 is 2.12 bits per heavy atom. The van der Waals surface area contributed by atoms with Gasteiger partial charge in [0.1, 0.15) is 5.82 Å². The van der Waals surface area contributed by atoms with Crippen molar-refractivity contribution >= 4 is 18.3 Å². The first-order valence-electron chi connectivity index (χ1n) is 5.17. The third-order valence-electron chi connectivity index (χ3n) is 2.41. The highest BCUT2D eigenvalue weighted by atomic mass is 35.5. The van der Waals surface area contributed by atoms with Gasteiger partial charge in [-0.05, 0) is 31.0 Å². The van der Waals surface area contributed by atoms with E-state index in [1.165, 1.54) is 11.0 Å². The number of carbonyl (C=O) groups is 1. The highest BCUT2D eigenvalue weighted by Gasteiger charge is 2.13. The summed E-state index contributed by atoms with van der Waals surface area (Å²) in [7, 11) is 1.68. The number of amides is 1. The van der Waals surface area contributed by atoms with Crippen LogP contribution in [0.5, 0.6) is 0 Å². The molecule has 0 aliphatic heterocycles. The van der Waals surface area contributed by atoms with Gasteiger partial charge >= 0.3 is 0 Å². The molecule has 0 radical (unpaired) electrons. The Bertz CT molecular complexity index is 396. The van der Waals surface area contributed by atoms with E-state index in [9.17, 15) is 9.18 Å². The van der Waals surface area contributed by atoms with Crippen LogP contribution in [0.2, 0.25) is 0 Å². The first-order valence-corrected chi connectivity index (χ1v) is 5.17. The molecular weight excluding hydrogens is 243 g/mol. The van der Waals surface area contributed by atoms with E-state index in [4.69, 9.17) is 5.73 Å². The van der Waals surface area contributed by atoms with E-state index in [0.717, 1.165) is 5.56 Å². The Balaban J connectivity index is 0.00000256. The predicted octanol–water partition coefficient (Wildman–Crippen LogP) is 1.86. The molecular formula is C12H18ClFN2O. The van der Waals surface area contributed by atoms with Gasteiger partial charge in [-0.15, -0.1) is 12.4 Å². The summed E-state index contributed by atoms with van der Waals surface area (Å²) in [6.45, 7) is 3.79. The molecule has 1 atom stereocenters. The van der Waals surface area contributed by atoms with Crippen molar-refractivity contribution in [2.45, 2.75) is 26.4 Å². The van der Waals surface area contributed by atoms with Crippen molar-refractivity contribution in [2.75, 3.05) is 7.05 Å². The van der Waals surface area contributed by atoms with E-state index in [1.54, 1.807) is 33.0 Å². The zero-order chi connectivity index (χ0) is 12.3. The van der Waals surface area contributed by atoms with E-state index in [1.807, 2.05) is 0 Å². The van der Waals surface area contributed by atoms with Crippen molar-refractivity contribution in [2.24, 2.45) is 5.73 Å². The molecule has 3 nitrogen and oxygen atoms in total. The number of likely N-dealkylation sites (N-methyl/N-ethyl adjacent to an activating group) is 1. The summed E-state index contributed by atoms with van der Waals surface area (Å²) in [5, 5.41) is 0. The van der Waals surface area contributed by atoms with Gasteiger partial charge < -0.3 is 10.6 Å². The van der Waals surface area contributed by atoms with Crippen molar-refractivity contribution in [3.8, 4) is 0 Å². The van der Waals surface area contributed by atoms with E-state index >= 15 is 0 Å². The second-order valence-corrected chi connectivity index (χ2v) is 4.07. The minimum absolute atomic E-state index is 0. The molecule has 1 aromatic rings. The van der Waals surface area contributed by atoms with Crippen molar-refractivity contribution in [1.82, 2.24) is 4.90 Å². The van der Waals surface area contributed by atoms with Gasteiger partial charge in [-0.2, -0.15) is 0 Å². The molecule has 0 fully saturated rings. The fourth-order valence-electron chi connectivity index (χ4n) is 1.50. The van der Waals surface area contributed by atoms with Gasteiger partial charge in [0.05, 0.1) is 6.04 Å². The van der Waals surface area contributed by atoms with Crippen LogP contribution in [0.15, 0.2) is 18.2 Å². The molecule has 1 amide bonds. The zero-order valence-corrected chi connectivity index (χ0v) is 11.1. The van der Waals surface area contributed by atoms with Crippen molar-refractivity contribution in [1.29, 1.82) is 0 Å². The number of aryl methyl sites for hydroxylation is 1. The molecule has 1 unspecified atom stereocenters. The Labute approximate surface area is 107 Å². The summed E-state index contributed by atoms with van der Waals surface area (Å²) in [5.74, 6) is -0.355. The van der Waals surface area contributed by atoms with Crippen molar-refractivity contribution in [3.63, 3.8) is 0 Å². The van der Waals surface area contributed by atoms with Gasteiger partial charge in [0.15, 0.2) is 0 Å². The van der Waals surface area contributed by atoms with Crippen LogP contribution in [0.3, 0.4) is 0 Å². The van der Waals surface area contributed by atoms with E-state index in [2.05, 4.69) is 0 Å². The largest absolute Gasteiger partial charge is 0.340 e. The lowest BCUT2D eigenvalue weighted by Gasteiger charge is -2.19. The molecule has 0 bridgehead atoms. The molecule has 0 spiro atoms. The maximum atomic E-state index is 13.0. The molecule has 2 N–H and O–H groups in total. The molecule has 1 aromatic carbocycles. The highest BCUT2D eigenvalue weighted by Crippen LogP contribution is 2.11. The molecule has 0 heterocycles. The molecule has 17 heavy (non-hydrogen) atoms. The topological polar surface area (TPSA) is 46.3 Å². The normalized spacial score (nSPS) is 11.6. The Morgan fingerprint density at radius 1 is 1.53 bits per heavy atom. The number of nitrogens with two attached hydrogens (primary N) is 1. The Morgan fingerprint density at radius 3 is 2.59 bits per heavy atom. The van der Waals surface area contributed by atoms with Crippen LogP contribution in [0.1, 0.15) is 18.1 Å². The fraction of sp³-hybridized carbons (Fsp3) is 0.417. The number of carbonyl (C=O) groups excluding carboxylic acids is 1. The summed E-state index contributed by atoms with van der Waals surface area (Å²) >= 11 is 0. The molecule has 96 valence electrons. The van der Waals surface area contributed by atoms with Crippen LogP contribution in [0, 0.1) is 12.7 Å². The molecule has 0 saturated carbocycles. The summed E-state index contributed by atoms with van der Waals surface area (Å²) in [5.41, 5.74) is 6.97. The predicted molar refractivity (Wildman–Crippen MR) is 68.5 cm³/mol. The maximum absolute atomic E-state index is 13.0. The van der Waals surface area contributed by atoms with Gasteiger partial charge in [-0.1, -0.05) is 12.1 Å². The van der Waals surface area contributed by atoms with Gasteiger partial charge in [-0.25, -0.2) is 4.39 Å². The lowest BCUT2D eigenvalue weighted by molar-refractivity contribution is -0.131. The van der Waals surface area contributed by atoms with Crippen molar-refractivity contribution in [3.05, 3.63) is 35.1 Å². The maximum Gasteiger partial charge on any atom is 0.239 e. The summed E-state index contributed by atoms with van der Waals surface area (Å²) in [4.78, 5) is 13.1. The minimum atomic E-state index is -0.508. The third kappa shape index (κ3) is 4.32. The van der Waals surface area contributed by atoms with Gasteiger partial charge in [0.25, 0.3) is 0 Å². The number of nitrogens with zero attached hydrogens (tertiary/aromatic N) is 1. The SMILES string of the molecule is Cc1cc(CN(C)C(=O)C(C)N)ccc1F.Cl. The molecule has 0 aliphatic rings. The summed E-state index contributed by atoms with van der Waals surface area (Å²) in [6.07, 6.45) is 0. The molecule has 5 heteroatoms. The molecule has 1 rings (SSSR count). The first kappa shape index (κ1) is 15.9. The minimum Gasteiger partial charge on any atom is -0.340 e. The second-order valence-electron chi connectivity index (χ2n) is 4.07. The summed E-state index contributed by atoms with van der Waals surface area (Å²) in [6, 6.07) is 4.31. The number of rotatable bonds is 3. The Hall–Kier alpha value is -1.13. The van der Waals surface area contributed by atoms with E-state index in [0.29, 0.717) is 12.1 Å². The molecule has 0 saturated heterocycles. The third-order valence-corrected chi connectivity index (χ3v) is 2.41. The van der Waals surface area contributed by atoms with Gasteiger partial charge in [0.2, 0.25) is 5.91 Å². The van der Waals surface area contributed by atoms with Gasteiger partial charge in [-0.3, -0.25) is 4.79 Å². The highest BCUT2D eigenvalue weighted by molar-refractivity contribution is 5.85. The fourth-order valence-corrected chi connectivity index (χ4v) is 1.50. The standard InChI is InChI=1S/C12H17FN2O.ClH/c1-8-6-10(4-5-11(8)13)7-15(3)12(16)9(2)14;/h4-6,9H,7,14H2,1-3H3;1H. The van der Waals surface area contributed by atoms with Crippen molar-refractivity contribution < 1.29 is 9.18 Å². The van der Waals surface area contributed by atoms with Crippen LogP contribution < -0.4 is 5.73 Å². The van der Waals surface area contributed by atoms with Crippen LogP contribution >= 0.6 is 12.4 Å². The quantitative estimate of drug-likeness (QED) is 0.902. The smallest absolute Gasteiger partial charge is 0.239 e. The number of benzene rings is 1. The van der Waals surface area contributed by atoms with Crippen LogP contribution in [0.25, 0.3) is 0 Å². The lowest BCUT2D eigenvalue weighted by Crippen LogP contribution is -2.39. The second kappa shape index (κ2) is 6.57. The average Bonchev–Trinajstić information content (AvgIpc) is 2.22. The monoisotopic (exact) mass is 260 g/mol. The number of hydrogen-bond donors (Lipinski definition) is 1.